The monoisotopic (exact) mass is 451 g/mol. The zero-order valence-corrected chi connectivity index (χ0v) is 18.2. The molecule has 31 heavy (non-hydrogen) atoms. The molecule has 4 rings (SSSR count). The second-order valence-corrected chi connectivity index (χ2v) is 7.98. The van der Waals surface area contributed by atoms with Gasteiger partial charge in [0.1, 0.15) is 23.1 Å². The summed E-state index contributed by atoms with van der Waals surface area (Å²) in [6, 6.07) is 24.8. The maximum atomic E-state index is 6.05. The van der Waals surface area contributed by atoms with E-state index in [1.54, 1.807) is 11.8 Å². The Labute approximate surface area is 189 Å². The number of rotatable bonds is 10. The number of hydrogen-bond donors (Lipinski definition) is 2. The lowest BCUT2D eigenvalue weighted by molar-refractivity contribution is 0.322. The molecule has 158 valence electrons. The van der Waals surface area contributed by atoms with Gasteiger partial charge in [0.15, 0.2) is 16.3 Å². The Morgan fingerprint density at radius 1 is 0.806 bits per heavy atom. The minimum Gasteiger partial charge on any atom is -0.489 e. The third-order valence-electron chi connectivity index (χ3n) is 4.14. The van der Waals surface area contributed by atoms with E-state index in [1.165, 1.54) is 0 Å². The van der Waals surface area contributed by atoms with Gasteiger partial charge in [-0.05, 0) is 48.6 Å². The lowest BCUT2D eigenvalue weighted by Crippen LogP contribution is -2.02. The molecule has 8 heteroatoms. The summed E-state index contributed by atoms with van der Waals surface area (Å²) in [5, 5.41) is 6.83. The van der Waals surface area contributed by atoms with Crippen LogP contribution in [0.15, 0.2) is 78.9 Å². The zero-order valence-electron chi connectivity index (χ0n) is 16.6. The van der Waals surface area contributed by atoms with Crippen LogP contribution in [0.4, 0.5) is 0 Å². The van der Waals surface area contributed by atoms with Gasteiger partial charge in [0.25, 0.3) is 0 Å². The van der Waals surface area contributed by atoms with Gasteiger partial charge < -0.3 is 19.2 Å². The summed E-state index contributed by atoms with van der Waals surface area (Å²) in [6.45, 7) is 0.510. The van der Waals surface area contributed by atoms with E-state index < -0.39 is 0 Å². The summed E-state index contributed by atoms with van der Waals surface area (Å²) in [7, 11) is 0. The topological polar surface area (TPSA) is 72.2 Å². The van der Waals surface area contributed by atoms with Crippen molar-refractivity contribution in [3.8, 4) is 28.7 Å². The average Bonchev–Trinajstić information content (AvgIpc) is 3.21. The quantitative estimate of drug-likeness (QED) is 0.216. The third kappa shape index (κ3) is 6.37. The molecular weight excluding hydrogens is 430 g/mol. The highest BCUT2D eigenvalue weighted by molar-refractivity contribution is 7.98. The number of thioether (sulfide) groups is 1. The number of para-hydroxylation sites is 2. The van der Waals surface area contributed by atoms with Crippen molar-refractivity contribution in [1.29, 1.82) is 0 Å². The summed E-state index contributed by atoms with van der Waals surface area (Å²) in [6.07, 6.45) is 0. The number of aromatic nitrogens is 3. The second-order valence-electron chi connectivity index (χ2n) is 6.46. The molecule has 0 saturated carbocycles. The first kappa shape index (κ1) is 21.0. The smallest absolute Gasteiger partial charge is 0.192 e. The Bertz CT molecular complexity index is 1150. The maximum absolute atomic E-state index is 6.05. The van der Waals surface area contributed by atoms with Crippen LogP contribution in [0.1, 0.15) is 5.82 Å². The fourth-order valence-electron chi connectivity index (χ4n) is 2.74. The molecule has 4 aromatic rings. The van der Waals surface area contributed by atoms with Crippen LogP contribution in [0, 0.1) is 4.77 Å². The normalized spacial score (nSPS) is 10.6. The minimum absolute atomic E-state index is 0.510. The Morgan fingerprint density at radius 3 is 2.19 bits per heavy atom. The maximum Gasteiger partial charge on any atom is 0.192 e. The largest absolute Gasteiger partial charge is 0.489 e. The fourth-order valence-corrected chi connectivity index (χ4v) is 3.58. The highest BCUT2D eigenvalue weighted by Gasteiger charge is 2.10. The number of nitrogens with one attached hydrogen (secondary N) is 2. The summed E-state index contributed by atoms with van der Waals surface area (Å²) < 4.78 is 18.5. The molecule has 2 N–H and O–H groups in total. The predicted octanol–water partition coefficient (Wildman–Crippen LogP) is 6.36. The van der Waals surface area contributed by atoms with E-state index in [9.17, 15) is 0 Å². The molecule has 3 aromatic carbocycles. The first-order valence-corrected chi connectivity index (χ1v) is 11.3. The van der Waals surface area contributed by atoms with Gasteiger partial charge in [-0.1, -0.05) is 36.4 Å². The number of aromatic amines is 2. The first-order valence-electron chi connectivity index (χ1n) is 9.70. The standard InChI is InChI=1S/C23H21N3O3S2/c30-23-24-22(25-26-23)16-31-14-13-27-21-15-19(28-17-7-3-1-4-8-17)11-12-20(21)29-18-9-5-2-6-10-18/h1-12,15H,13-14,16H2,(H2,24,25,26,30). The Morgan fingerprint density at radius 2 is 1.52 bits per heavy atom. The molecule has 0 amide bonds. The van der Waals surface area contributed by atoms with E-state index in [-0.39, 0.29) is 0 Å². The van der Waals surface area contributed by atoms with Gasteiger partial charge in [-0.3, -0.25) is 5.10 Å². The third-order valence-corrected chi connectivity index (χ3v) is 5.27. The van der Waals surface area contributed by atoms with Gasteiger partial charge in [0.2, 0.25) is 0 Å². The highest BCUT2D eigenvalue weighted by Crippen LogP contribution is 2.36. The first-order chi connectivity index (χ1) is 15.3. The van der Waals surface area contributed by atoms with Gasteiger partial charge in [-0.2, -0.15) is 16.9 Å². The van der Waals surface area contributed by atoms with Crippen LogP contribution < -0.4 is 14.2 Å². The van der Waals surface area contributed by atoms with Crippen molar-refractivity contribution >= 4 is 24.0 Å². The SMILES string of the molecule is S=c1[nH]nc(CSCCOc2cc(Oc3ccccc3)ccc2Oc2ccccc2)[nH]1. The number of benzene rings is 3. The van der Waals surface area contributed by atoms with Crippen molar-refractivity contribution in [3.63, 3.8) is 0 Å². The fraction of sp³-hybridized carbons (Fsp3) is 0.130. The van der Waals surface area contributed by atoms with Crippen molar-refractivity contribution < 1.29 is 14.2 Å². The Hall–Kier alpha value is -3.23. The van der Waals surface area contributed by atoms with Crippen LogP contribution in [-0.4, -0.2) is 27.5 Å². The van der Waals surface area contributed by atoms with E-state index in [0.717, 1.165) is 28.8 Å². The van der Waals surface area contributed by atoms with E-state index in [4.69, 9.17) is 26.4 Å². The second kappa shape index (κ2) is 10.7. The minimum atomic E-state index is 0.510. The lowest BCUT2D eigenvalue weighted by Gasteiger charge is -2.14. The van der Waals surface area contributed by atoms with Gasteiger partial charge in [0, 0.05) is 11.8 Å². The van der Waals surface area contributed by atoms with E-state index in [1.807, 2.05) is 78.9 Å². The molecular formula is C23H21N3O3S2. The van der Waals surface area contributed by atoms with Crippen molar-refractivity contribution in [2.24, 2.45) is 0 Å². The molecule has 0 aliphatic rings. The van der Waals surface area contributed by atoms with Crippen LogP contribution in [-0.2, 0) is 5.75 Å². The van der Waals surface area contributed by atoms with E-state index >= 15 is 0 Å². The van der Waals surface area contributed by atoms with Crippen LogP contribution in [0.3, 0.4) is 0 Å². The summed E-state index contributed by atoms with van der Waals surface area (Å²) in [5.41, 5.74) is 0. The molecule has 0 radical (unpaired) electrons. The van der Waals surface area contributed by atoms with Gasteiger partial charge in [-0.15, -0.1) is 0 Å². The molecule has 0 saturated heterocycles. The summed E-state index contributed by atoms with van der Waals surface area (Å²) >= 11 is 6.69. The molecule has 0 unspecified atom stereocenters. The number of H-pyrrole nitrogens is 2. The molecule has 0 atom stereocenters. The zero-order chi connectivity index (χ0) is 21.3. The molecule has 1 aromatic heterocycles. The Kier molecular flexibility index (Phi) is 7.25. The van der Waals surface area contributed by atoms with Crippen molar-refractivity contribution in [1.82, 2.24) is 15.2 Å². The lowest BCUT2D eigenvalue weighted by atomic mass is 10.3. The van der Waals surface area contributed by atoms with Crippen LogP contribution in [0.5, 0.6) is 28.7 Å². The van der Waals surface area contributed by atoms with Crippen LogP contribution in [0.2, 0.25) is 0 Å². The summed E-state index contributed by atoms with van der Waals surface area (Å²) in [4.78, 5) is 3.00. The van der Waals surface area contributed by atoms with Crippen LogP contribution >= 0.6 is 24.0 Å². The van der Waals surface area contributed by atoms with Crippen molar-refractivity contribution in [2.45, 2.75) is 5.75 Å². The van der Waals surface area contributed by atoms with E-state index in [2.05, 4.69) is 15.2 Å². The van der Waals surface area contributed by atoms with Crippen molar-refractivity contribution in [2.75, 3.05) is 12.4 Å². The number of ether oxygens (including phenoxy) is 3. The molecule has 1 heterocycles. The van der Waals surface area contributed by atoms with Crippen molar-refractivity contribution in [3.05, 3.63) is 89.5 Å². The van der Waals surface area contributed by atoms with Gasteiger partial charge in [0.05, 0.1) is 12.4 Å². The van der Waals surface area contributed by atoms with Gasteiger partial charge >= 0.3 is 0 Å². The predicted molar refractivity (Wildman–Crippen MR) is 125 cm³/mol. The molecule has 0 aliphatic heterocycles. The summed E-state index contributed by atoms with van der Waals surface area (Å²) in [5.74, 6) is 5.76. The van der Waals surface area contributed by atoms with Gasteiger partial charge in [-0.25, -0.2) is 0 Å². The molecule has 0 spiro atoms. The molecule has 0 fully saturated rings. The average molecular weight is 452 g/mol. The number of hydrogen-bond acceptors (Lipinski definition) is 6. The molecule has 0 bridgehead atoms. The van der Waals surface area contributed by atoms with E-state index in [0.29, 0.717) is 28.6 Å². The molecule has 0 aliphatic carbocycles. The number of nitrogens with zero attached hydrogens (tertiary/aromatic N) is 1. The Balaban J connectivity index is 1.42. The highest BCUT2D eigenvalue weighted by atomic mass is 32.2. The van der Waals surface area contributed by atoms with Crippen LogP contribution in [0.25, 0.3) is 0 Å². The molecule has 6 nitrogen and oxygen atoms in total.